The second-order valence-electron chi connectivity index (χ2n) is 4.40. The highest BCUT2D eigenvalue weighted by Gasteiger charge is 2.12. The third-order valence-electron chi connectivity index (χ3n) is 2.64. The fourth-order valence-electron chi connectivity index (χ4n) is 1.66. The molecule has 0 bridgehead atoms. The summed E-state index contributed by atoms with van der Waals surface area (Å²) >= 11 is 4.62. The van der Waals surface area contributed by atoms with Crippen molar-refractivity contribution in [3.8, 4) is 5.75 Å². The Bertz CT molecular complexity index is 607. The monoisotopic (exact) mass is 376 g/mol. The van der Waals surface area contributed by atoms with E-state index in [2.05, 4.69) is 33.2 Å². The Hall–Kier alpha value is -1.05. The number of rotatable bonds is 7. The first kappa shape index (κ1) is 16.3. The number of hydrogen-bond acceptors (Lipinski definition) is 4. The zero-order valence-corrected chi connectivity index (χ0v) is 13.9. The lowest BCUT2D eigenvalue weighted by Crippen LogP contribution is -2.13. The van der Waals surface area contributed by atoms with Crippen LogP contribution in [0.2, 0.25) is 0 Å². The molecule has 0 aliphatic rings. The maximum atomic E-state index is 13.5. The first-order valence-corrected chi connectivity index (χ1v) is 8.18. The van der Waals surface area contributed by atoms with Crippen LogP contribution in [0.25, 0.3) is 0 Å². The molecule has 0 aliphatic carbocycles. The lowest BCUT2D eigenvalue weighted by molar-refractivity contribution is 0.280. The van der Waals surface area contributed by atoms with Gasteiger partial charge in [0.15, 0.2) is 11.6 Å². The standard InChI is InChI=1S/C14H15BrF2N2OS/c1-2-3-18-6-13-19-10(8-21-13)7-20-12-5-9(15)4-11(16)14(12)17/h4-5,8,18H,2-3,6-7H2,1H3. The number of nitrogens with zero attached hydrogens (tertiary/aromatic N) is 1. The molecule has 0 amide bonds. The molecule has 3 nitrogen and oxygen atoms in total. The smallest absolute Gasteiger partial charge is 0.200 e. The van der Waals surface area contributed by atoms with E-state index < -0.39 is 11.6 Å². The van der Waals surface area contributed by atoms with Crippen molar-refractivity contribution in [1.82, 2.24) is 10.3 Å². The number of nitrogens with one attached hydrogen (secondary N) is 1. The van der Waals surface area contributed by atoms with Gasteiger partial charge in [-0.05, 0) is 25.1 Å². The van der Waals surface area contributed by atoms with Crippen LogP contribution >= 0.6 is 27.3 Å². The SMILES string of the molecule is CCCNCc1nc(COc2cc(Br)cc(F)c2F)cs1. The molecule has 0 saturated carbocycles. The minimum absolute atomic E-state index is 0.108. The lowest BCUT2D eigenvalue weighted by atomic mass is 10.3. The van der Waals surface area contributed by atoms with Crippen LogP contribution in [0.15, 0.2) is 22.0 Å². The summed E-state index contributed by atoms with van der Waals surface area (Å²) in [5.74, 6) is -2.05. The molecule has 0 unspecified atom stereocenters. The quantitative estimate of drug-likeness (QED) is 0.578. The molecule has 2 rings (SSSR count). The topological polar surface area (TPSA) is 34.2 Å². The Morgan fingerprint density at radius 1 is 1.38 bits per heavy atom. The molecule has 1 N–H and O–H groups in total. The first-order valence-electron chi connectivity index (χ1n) is 6.51. The molecule has 0 fully saturated rings. The van der Waals surface area contributed by atoms with Gasteiger partial charge in [0.05, 0.1) is 5.69 Å². The Morgan fingerprint density at radius 2 is 2.19 bits per heavy atom. The van der Waals surface area contributed by atoms with Gasteiger partial charge in [-0.2, -0.15) is 4.39 Å². The van der Waals surface area contributed by atoms with Crippen LogP contribution in [0.3, 0.4) is 0 Å². The molecule has 0 spiro atoms. The molecular weight excluding hydrogens is 362 g/mol. The van der Waals surface area contributed by atoms with E-state index in [0.717, 1.165) is 24.0 Å². The molecule has 7 heteroatoms. The summed E-state index contributed by atoms with van der Waals surface area (Å²) < 4.78 is 32.5. The Labute approximate surface area is 134 Å². The van der Waals surface area contributed by atoms with Crippen LogP contribution in [0, 0.1) is 11.6 Å². The summed E-state index contributed by atoms with van der Waals surface area (Å²) in [7, 11) is 0. The second-order valence-corrected chi connectivity index (χ2v) is 6.26. The van der Waals surface area contributed by atoms with E-state index in [4.69, 9.17) is 4.74 Å². The molecule has 0 atom stereocenters. The summed E-state index contributed by atoms with van der Waals surface area (Å²) in [6.07, 6.45) is 1.06. The maximum Gasteiger partial charge on any atom is 0.200 e. The molecule has 114 valence electrons. The van der Waals surface area contributed by atoms with Gasteiger partial charge in [-0.1, -0.05) is 22.9 Å². The van der Waals surface area contributed by atoms with Gasteiger partial charge >= 0.3 is 0 Å². The number of ether oxygens (including phenoxy) is 1. The van der Waals surface area contributed by atoms with Gasteiger partial charge in [0.2, 0.25) is 5.82 Å². The molecule has 1 aromatic carbocycles. The number of aromatic nitrogens is 1. The van der Waals surface area contributed by atoms with Gasteiger partial charge in [0, 0.05) is 16.4 Å². The zero-order chi connectivity index (χ0) is 15.2. The summed E-state index contributed by atoms with van der Waals surface area (Å²) in [6.45, 7) is 3.85. The predicted molar refractivity (Wildman–Crippen MR) is 82.5 cm³/mol. The molecule has 21 heavy (non-hydrogen) atoms. The Morgan fingerprint density at radius 3 is 2.95 bits per heavy atom. The predicted octanol–water partition coefficient (Wildman–Crippen LogP) is 4.26. The van der Waals surface area contributed by atoms with Gasteiger partial charge in [0.25, 0.3) is 0 Å². The average molecular weight is 377 g/mol. The summed E-state index contributed by atoms with van der Waals surface area (Å²) in [6, 6.07) is 2.46. The van der Waals surface area contributed by atoms with E-state index >= 15 is 0 Å². The van der Waals surface area contributed by atoms with Crippen molar-refractivity contribution in [3.63, 3.8) is 0 Å². The molecule has 2 aromatic rings. The fourth-order valence-corrected chi connectivity index (χ4v) is 2.81. The highest BCUT2D eigenvalue weighted by Crippen LogP contribution is 2.26. The van der Waals surface area contributed by atoms with E-state index in [1.54, 1.807) is 0 Å². The van der Waals surface area contributed by atoms with Crippen molar-refractivity contribution < 1.29 is 13.5 Å². The summed E-state index contributed by atoms with van der Waals surface area (Å²) in [4.78, 5) is 4.37. The molecule has 0 saturated heterocycles. The van der Waals surface area contributed by atoms with Gasteiger partial charge in [-0.15, -0.1) is 11.3 Å². The van der Waals surface area contributed by atoms with Crippen LogP contribution in [-0.4, -0.2) is 11.5 Å². The van der Waals surface area contributed by atoms with Crippen LogP contribution in [0.4, 0.5) is 8.78 Å². The number of halogens is 3. The molecular formula is C14H15BrF2N2OS. The highest BCUT2D eigenvalue weighted by molar-refractivity contribution is 9.10. The highest BCUT2D eigenvalue weighted by atomic mass is 79.9. The minimum Gasteiger partial charge on any atom is -0.484 e. The number of benzene rings is 1. The van der Waals surface area contributed by atoms with Crippen molar-refractivity contribution in [2.75, 3.05) is 6.54 Å². The molecule has 1 aromatic heterocycles. The van der Waals surface area contributed by atoms with E-state index in [-0.39, 0.29) is 12.4 Å². The number of hydrogen-bond donors (Lipinski definition) is 1. The normalized spacial score (nSPS) is 10.9. The largest absolute Gasteiger partial charge is 0.484 e. The lowest BCUT2D eigenvalue weighted by Gasteiger charge is -2.06. The van der Waals surface area contributed by atoms with E-state index in [0.29, 0.717) is 16.7 Å². The zero-order valence-electron chi connectivity index (χ0n) is 11.5. The van der Waals surface area contributed by atoms with Crippen molar-refractivity contribution in [1.29, 1.82) is 0 Å². The third kappa shape index (κ3) is 4.72. The van der Waals surface area contributed by atoms with Gasteiger partial charge in [-0.25, -0.2) is 9.37 Å². The van der Waals surface area contributed by atoms with Crippen LogP contribution < -0.4 is 10.1 Å². The second kappa shape index (κ2) is 7.82. The van der Waals surface area contributed by atoms with Gasteiger partial charge in [-0.3, -0.25) is 0 Å². The van der Waals surface area contributed by atoms with Gasteiger partial charge in [0.1, 0.15) is 11.6 Å². The Kier molecular flexibility index (Phi) is 6.08. The third-order valence-corrected chi connectivity index (χ3v) is 3.99. The molecule has 0 aliphatic heterocycles. The number of thiazole rings is 1. The average Bonchev–Trinajstić information content (AvgIpc) is 2.89. The maximum absolute atomic E-state index is 13.5. The first-order chi connectivity index (χ1) is 10.1. The molecule has 0 radical (unpaired) electrons. The van der Waals surface area contributed by atoms with Crippen molar-refractivity contribution >= 4 is 27.3 Å². The minimum atomic E-state index is -0.988. The fraction of sp³-hybridized carbons (Fsp3) is 0.357. The van der Waals surface area contributed by atoms with Crippen molar-refractivity contribution in [3.05, 3.63) is 44.3 Å². The van der Waals surface area contributed by atoms with Crippen LogP contribution in [-0.2, 0) is 13.2 Å². The molecule has 1 heterocycles. The van der Waals surface area contributed by atoms with Gasteiger partial charge < -0.3 is 10.1 Å². The van der Waals surface area contributed by atoms with E-state index in [1.807, 2.05) is 5.38 Å². The van der Waals surface area contributed by atoms with Crippen LogP contribution in [0.1, 0.15) is 24.0 Å². The Balaban J connectivity index is 1.94. The van der Waals surface area contributed by atoms with E-state index in [1.165, 1.54) is 17.4 Å². The summed E-state index contributed by atoms with van der Waals surface area (Å²) in [5, 5.41) is 6.06. The van der Waals surface area contributed by atoms with Crippen LogP contribution in [0.5, 0.6) is 5.75 Å². The van der Waals surface area contributed by atoms with E-state index in [9.17, 15) is 8.78 Å². The summed E-state index contributed by atoms with van der Waals surface area (Å²) in [5.41, 5.74) is 0.702. The van der Waals surface area contributed by atoms with Crippen molar-refractivity contribution in [2.45, 2.75) is 26.5 Å². The van der Waals surface area contributed by atoms with Crippen molar-refractivity contribution in [2.24, 2.45) is 0 Å².